The first-order chi connectivity index (χ1) is 29.5. The zero-order valence-corrected chi connectivity index (χ0v) is 32.9. The Morgan fingerprint density at radius 3 is 1.92 bits per heavy atom. The number of benzene rings is 3. The maximum atomic E-state index is 13.5. The van der Waals surface area contributed by atoms with Gasteiger partial charge in [0.1, 0.15) is 48.8 Å². The van der Waals surface area contributed by atoms with Crippen molar-refractivity contribution in [3.05, 3.63) is 77.4 Å². The van der Waals surface area contributed by atoms with Crippen LogP contribution in [0.2, 0.25) is 0 Å². The highest BCUT2D eigenvalue weighted by atomic mass is 16.7. The highest BCUT2D eigenvalue weighted by Gasteiger charge is 2.50. The maximum absolute atomic E-state index is 13.5. The molecule has 2 fully saturated rings. The number of nitrogens with zero attached hydrogens (tertiary/aromatic N) is 1. The van der Waals surface area contributed by atoms with Crippen LogP contribution < -0.4 is 19.1 Å². The molecule has 21 nitrogen and oxygen atoms in total. The monoisotopic (exact) mass is 871 g/mol. The van der Waals surface area contributed by atoms with Crippen LogP contribution in [0.4, 0.5) is 5.69 Å². The van der Waals surface area contributed by atoms with Crippen molar-refractivity contribution in [3.8, 4) is 34.5 Å². The van der Waals surface area contributed by atoms with Gasteiger partial charge in [0, 0.05) is 24.6 Å². The molecule has 3 aromatic rings. The van der Waals surface area contributed by atoms with Crippen LogP contribution in [-0.4, -0.2) is 164 Å². The van der Waals surface area contributed by atoms with Crippen LogP contribution in [0.3, 0.4) is 0 Å². The normalized spacial score (nSPS) is 28.5. The molecule has 6 rings (SSSR count). The molecule has 21 heteroatoms. The largest absolute Gasteiger partial charge is 0.504 e. The zero-order valence-electron chi connectivity index (χ0n) is 32.9. The molecule has 62 heavy (non-hydrogen) atoms. The maximum Gasteiger partial charge on any atom is 0.331 e. The number of carboxylic acids is 1. The molecule has 3 aliphatic rings. The van der Waals surface area contributed by atoms with Crippen LogP contribution in [0.1, 0.15) is 16.7 Å². The summed E-state index contributed by atoms with van der Waals surface area (Å²) in [5, 5.41) is 104. The molecule has 0 bridgehead atoms. The Labute approximate surface area is 352 Å². The predicted molar refractivity (Wildman–Crippen MR) is 209 cm³/mol. The molecule has 1 amide bonds. The Bertz CT molecular complexity index is 2180. The standard InChI is InChI=1S/C41H45NO20/c1-56-26-11-18(3-7-23(26)44)5-9-31(47)42-21-15-28(25(46)14-20(21)13-22(42)39(54)55)59-40-37(53)35(51)34(50)30(61-40)17-58-41-38(36(52)33(49)29(16-43)60-41)62-32(48)10-6-19-4-8-24(45)27(12-19)57-2/h3-12,14-15,22,29-30,33-38,40-41,43-46,49-53H,13,16-17H2,1-2H3,(H,54,55)/b9-5+,10-6+/t22-,29+,30+,33+,34+,35-,36-,37+,38+,40+,41+/m0/s1. The lowest BCUT2D eigenvalue weighted by Gasteiger charge is -2.43. The Hall–Kier alpha value is -6.01. The van der Waals surface area contributed by atoms with Crippen molar-refractivity contribution in [3.63, 3.8) is 0 Å². The number of aliphatic hydroxyl groups excluding tert-OH is 6. The number of carbonyl (C=O) groups is 3. The Morgan fingerprint density at radius 1 is 0.726 bits per heavy atom. The molecule has 0 aliphatic carbocycles. The summed E-state index contributed by atoms with van der Waals surface area (Å²) in [6, 6.07) is 9.37. The summed E-state index contributed by atoms with van der Waals surface area (Å²) in [5.41, 5.74) is 1.11. The molecular weight excluding hydrogens is 826 g/mol. The number of ether oxygens (including phenoxy) is 7. The number of hydrogen-bond acceptors (Lipinski definition) is 19. The molecule has 0 radical (unpaired) electrons. The van der Waals surface area contributed by atoms with Crippen molar-refractivity contribution in [2.24, 2.45) is 0 Å². The van der Waals surface area contributed by atoms with Gasteiger partial charge in [0.05, 0.1) is 33.1 Å². The minimum atomic E-state index is -1.97. The van der Waals surface area contributed by atoms with E-state index in [2.05, 4.69) is 0 Å². The fraction of sp³-hybridized carbons (Fsp3) is 0.390. The topological polar surface area (TPSA) is 321 Å². The fourth-order valence-electron chi connectivity index (χ4n) is 6.98. The molecule has 0 saturated carbocycles. The molecule has 3 heterocycles. The van der Waals surface area contributed by atoms with E-state index in [4.69, 9.17) is 33.2 Å². The van der Waals surface area contributed by atoms with E-state index in [1.807, 2.05) is 0 Å². The summed E-state index contributed by atoms with van der Waals surface area (Å²) < 4.78 is 38.3. The van der Waals surface area contributed by atoms with Crippen LogP contribution in [0.5, 0.6) is 34.5 Å². The van der Waals surface area contributed by atoms with E-state index in [0.717, 1.165) is 29.2 Å². The van der Waals surface area contributed by atoms with E-state index in [-0.39, 0.29) is 40.7 Å². The van der Waals surface area contributed by atoms with Gasteiger partial charge in [-0.3, -0.25) is 9.69 Å². The summed E-state index contributed by atoms with van der Waals surface area (Å²) in [7, 11) is 2.67. The summed E-state index contributed by atoms with van der Waals surface area (Å²) >= 11 is 0. The van der Waals surface area contributed by atoms with E-state index in [0.29, 0.717) is 11.1 Å². The molecule has 0 aromatic heterocycles. The number of rotatable bonds is 14. The molecular formula is C41H45NO20. The molecule has 334 valence electrons. The SMILES string of the molecule is COc1cc(/C=C/C(=O)O[C@H]2[C@H](OC[C@H]3O[C@@H](Oc4cc5c(cc4O)C[C@@H](C(=O)O)N5C(=O)/C=C/c4ccc(O)c(OC)c4)[C@H](O)[C@@H](O)[C@@H]3O)O[C@H](CO)[C@@H](O)[C@@H]2O)ccc1O. The number of carbonyl (C=O) groups excluding carboxylic acids is 2. The second-order valence-electron chi connectivity index (χ2n) is 14.3. The number of aliphatic hydroxyl groups is 6. The van der Waals surface area contributed by atoms with Gasteiger partial charge >= 0.3 is 11.9 Å². The Kier molecular flexibility index (Phi) is 14.2. The van der Waals surface area contributed by atoms with Gasteiger partial charge in [-0.1, -0.05) is 12.1 Å². The number of esters is 1. The smallest absolute Gasteiger partial charge is 0.331 e. The highest BCUT2D eigenvalue weighted by molar-refractivity contribution is 6.09. The number of hydrogen-bond donors (Lipinski definition) is 10. The number of aliphatic carboxylic acids is 1. The second-order valence-corrected chi connectivity index (χ2v) is 14.3. The van der Waals surface area contributed by atoms with E-state index in [1.54, 1.807) is 0 Å². The molecule has 10 N–H and O–H groups in total. The first-order valence-electron chi connectivity index (χ1n) is 18.9. The van der Waals surface area contributed by atoms with Crippen molar-refractivity contribution in [2.45, 2.75) is 73.9 Å². The number of fused-ring (bicyclic) bond motifs is 1. The van der Waals surface area contributed by atoms with Gasteiger partial charge in [-0.25, -0.2) is 9.59 Å². The van der Waals surface area contributed by atoms with E-state index >= 15 is 0 Å². The minimum Gasteiger partial charge on any atom is -0.504 e. The number of aromatic hydroxyl groups is 3. The van der Waals surface area contributed by atoms with E-state index in [9.17, 15) is 65.4 Å². The number of phenolic OH excluding ortho intramolecular Hbond substituents is 3. The van der Waals surface area contributed by atoms with Gasteiger partial charge in [0.25, 0.3) is 5.91 Å². The van der Waals surface area contributed by atoms with Crippen molar-refractivity contribution in [1.29, 1.82) is 0 Å². The average Bonchev–Trinajstić information content (AvgIpc) is 3.63. The third-order valence-electron chi connectivity index (χ3n) is 10.3. The molecule has 11 atom stereocenters. The van der Waals surface area contributed by atoms with Gasteiger partial charge in [0.2, 0.25) is 6.29 Å². The molecule has 0 unspecified atom stereocenters. The third kappa shape index (κ3) is 9.70. The van der Waals surface area contributed by atoms with Crippen molar-refractivity contribution in [2.75, 3.05) is 32.3 Å². The lowest BCUT2D eigenvalue weighted by Crippen LogP contribution is -2.62. The second kappa shape index (κ2) is 19.4. The van der Waals surface area contributed by atoms with Gasteiger partial charge < -0.3 is 84.2 Å². The zero-order chi connectivity index (χ0) is 45.0. The van der Waals surface area contributed by atoms with Gasteiger partial charge in [-0.2, -0.15) is 0 Å². The summed E-state index contributed by atoms with van der Waals surface area (Å²) in [5.74, 6) is -4.24. The summed E-state index contributed by atoms with van der Waals surface area (Å²) in [6.45, 7) is -1.54. The molecule has 2 saturated heterocycles. The number of anilines is 1. The molecule has 3 aliphatic heterocycles. The van der Waals surface area contributed by atoms with Crippen LogP contribution in [-0.2, 0) is 39.8 Å². The van der Waals surface area contributed by atoms with Crippen LogP contribution >= 0.6 is 0 Å². The van der Waals surface area contributed by atoms with Gasteiger partial charge in [-0.15, -0.1) is 0 Å². The van der Waals surface area contributed by atoms with Crippen LogP contribution in [0.25, 0.3) is 12.2 Å². The first kappa shape index (κ1) is 45.5. The number of phenols is 3. The van der Waals surface area contributed by atoms with Crippen molar-refractivity contribution < 1.29 is 98.6 Å². The lowest BCUT2D eigenvalue weighted by molar-refractivity contribution is -0.324. The third-order valence-corrected chi connectivity index (χ3v) is 10.3. The van der Waals surface area contributed by atoms with Crippen molar-refractivity contribution >= 4 is 35.7 Å². The molecule has 0 spiro atoms. The fourth-order valence-corrected chi connectivity index (χ4v) is 6.98. The molecule has 3 aromatic carbocycles. The summed E-state index contributed by atoms with van der Waals surface area (Å²) in [6.07, 6.45) is -13.3. The lowest BCUT2D eigenvalue weighted by atomic mass is 9.98. The van der Waals surface area contributed by atoms with Gasteiger partial charge in [-0.05, 0) is 59.2 Å². The summed E-state index contributed by atoms with van der Waals surface area (Å²) in [4.78, 5) is 39.6. The van der Waals surface area contributed by atoms with Crippen molar-refractivity contribution in [1.82, 2.24) is 0 Å². The Balaban J connectivity index is 1.18. The number of carboxylic acid groups (broad SMARTS) is 1. The van der Waals surface area contributed by atoms with Crippen LogP contribution in [0, 0.1) is 0 Å². The highest BCUT2D eigenvalue weighted by Crippen LogP contribution is 2.42. The van der Waals surface area contributed by atoms with Gasteiger partial charge in [0.15, 0.2) is 46.9 Å². The van der Waals surface area contributed by atoms with E-state index < -0.39 is 110 Å². The predicted octanol–water partition coefficient (Wildman–Crippen LogP) is -0.856. The first-order valence-corrected chi connectivity index (χ1v) is 18.9. The number of amides is 1. The minimum absolute atomic E-state index is 0.0146. The quantitative estimate of drug-likeness (QED) is 0.0696. The number of methoxy groups -OCH3 is 2. The average molecular weight is 872 g/mol. The van der Waals surface area contributed by atoms with E-state index in [1.165, 1.54) is 62.8 Å². The Morgan fingerprint density at radius 2 is 1.32 bits per heavy atom. The van der Waals surface area contributed by atoms with Crippen LogP contribution in [0.15, 0.2) is 60.7 Å².